The van der Waals surface area contributed by atoms with E-state index in [1.165, 1.54) is 0 Å². The number of hydrogen-bond acceptors (Lipinski definition) is 2. The molecule has 3 heteroatoms. The van der Waals surface area contributed by atoms with Crippen molar-refractivity contribution >= 4 is 5.91 Å². The maximum Gasteiger partial charge on any atom is 0.251 e. The van der Waals surface area contributed by atoms with Gasteiger partial charge in [0, 0.05) is 11.6 Å². The van der Waals surface area contributed by atoms with Crippen LogP contribution in [0, 0.1) is 5.92 Å². The fourth-order valence-electron chi connectivity index (χ4n) is 2.18. The smallest absolute Gasteiger partial charge is 0.251 e. The molecule has 0 saturated carbocycles. The van der Waals surface area contributed by atoms with Crippen LogP contribution in [0.2, 0.25) is 0 Å². The van der Waals surface area contributed by atoms with Crippen molar-refractivity contribution in [3.05, 3.63) is 35.4 Å². The van der Waals surface area contributed by atoms with Gasteiger partial charge in [0.05, 0.1) is 0 Å². The summed E-state index contributed by atoms with van der Waals surface area (Å²) in [6.45, 7) is 6.92. The summed E-state index contributed by atoms with van der Waals surface area (Å²) in [6, 6.07) is 7.86. The topological polar surface area (TPSA) is 55.1 Å². The molecule has 0 fully saturated rings. The summed E-state index contributed by atoms with van der Waals surface area (Å²) in [7, 11) is 0. The monoisotopic (exact) mass is 248 g/mol. The highest BCUT2D eigenvalue weighted by atomic mass is 16.1. The Morgan fingerprint density at radius 1 is 1.28 bits per heavy atom. The summed E-state index contributed by atoms with van der Waals surface area (Å²) in [5.74, 6) is 0.590. The highest BCUT2D eigenvalue weighted by molar-refractivity contribution is 5.95. The summed E-state index contributed by atoms with van der Waals surface area (Å²) in [5, 5.41) is 3.05. The van der Waals surface area contributed by atoms with Crippen LogP contribution in [-0.2, 0) is 6.42 Å². The zero-order valence-electron chi connectivity index (χ0n) is 11.6. The number of nitrogens with two attached hydrogens (primary N) is 1. The van der Waals surface area contributed by atoms with Gasteiger partial charge in [-0.05, 0) is 43.9 Å². The molecule has 1 unspecified atom stereocenters. The molecule has 1 rings (SSSR count). The van der Waals surface area contributed by atoms with E-state index in [1.54, 1.807) is 0 Å². The molecule has 0 spiro atoms. The Balaban J connectivity index is 2.71. The van der Waals surface area contributed by atoms with Crippen molar-refractivity contribution in [2.24, 2.45) is 11.7 Å². The summed E-state index contributed by atoms with van der Waals surface area (Å²) in [4.78, 5) is 12.2. The first-order chi connectivity index (χ1) is 8.54. The third kappa shape index (κ3) is 4.49. The van der Waals surface area contributed by atoms with Crippen LogP contribution < -0.4 is 11.1 Å². The number of amides is 1. The minimum Gasteiger partial charge on any atom is -0.350 e. The van der Waals surface area contributed by atoms with E-state index in [0.29, 0.717) is 12.5 Å². The lowest BCUT2D eigenvalue weighted by atomic mass is 10.0. The van der Waals surface area contributed by atoms with Crippen LogP contribution in [0.15, 0.2) is 24.3 Å². The Kier molecular flexibility index (Phi) is 5.86. The first-order valence-electron chi connectivity index (χ1n) is 6.63. The zero-order valence-corrected chi connectivity index (χ0v) is 11.6. The maximum atomic E-state index is 12.2. The predicted molar refractivity (Wildman–Crippen MR) is 75.6 cm³/mol. The van der Waals surface area contributed by atoms with Crippen LogP contribution in [0.3, 0.4) is 0 Å². The maximum absolute atomic E-state index is 12.2. The van der Waals surface area contributed by atoms with Crippen molar-refractivity contribution < 1.29 is 4.79 Å². The second-order valence-electron chi connectivity index (χ2n) is 5.20. The fourth-order valence-corrected chi connectivity index (χ4v) is 2.18. The molecule has 0 bridgehead atoms. The third-order valence-electron chi connectivity index (χ3n) is 2.88. The average Bonchev–Trinajstić information content (AvgIpc) is 2.28. The standard InChI is InChI=1S/C15H24N2O/c1-11(2)10-12(3)17-15(18)14-7-5-4-6-13(14)8-9-16/h4-7,11-12H,8-10,16H2,1-3H3,(H,17,18). The molecular formula is C15H24N2O. The number of carbonyl (C=O) groups is 1. The van der Waals surface area contributed by atoms with E-state index in [2.05, 4.69) is 19.2 Å². The summed E-state index contributed by atoms with van der Waals surface area (Å²) in [5.41, 5.74) is 7.34. The molecule has 0 aromatic heterocycles. The van der Waals surface area contributed by atoms with Crippen LogP contribution in [0.1, 0.15) is 43.1 Å². The first kappa shape index (κ1) is 14.7. The summed E-state index contributed by atoms with van der Waals surface area (Å²) < 4.78 is 0. The van der Waals surface area contributed by atoms with E-state index in [4.69, 9.17) is 5.73 Å². The minimum atomic E-state index is 0.00667. The molecule has 0 aliphatic rings. The van der Waals surface area contributed by atoms with Gasteiger partial charge in [-0.3, -0.25) is 4.79 Å². The second-order valence-corrected chi connectivity index (χ2v) is 5.20. The minimum absolute atomic E-state index is 0.00667. The van der Waals surface area contributed by atoms with Gasteiger partial charge in [-0.25, -0.2) is 0 Å². The number of carbonyl (C=O) groups excluding carboxylic acids is 1. The molecule has 0 aliphatic heterocycles. The molecule has 3 nitrogen and oxygen atoms in total. The Morgan fingerprint density at radius 3 is 2.56 bits per heavy atom. The lowest BCUT2D eigenvalue weighted by molar-refractivity contribution is 0.0935. The van der Waals surface area contributed by atoms with E-state index < -0.39 is 0 Å². The van der Waals surface area contributed by atoms with Crippen molar-refractivity contribution in [3.63, 3.8) is 0 Å². The van der Waals surface area contributed by atoms with Gasteiger partial charge < -0.3 is 11.1 Å². The van der Waals surface area contributed by atoms with Crippen molar-refractivity contribution in [3.8, 4) is 0 Å². The molecule has 100 valence electrons. The van der Waals surface area contributed by atoms with Crippen LogP contribution in [-0.4, -0.2) is 18.5 Å². The number of benzene rings is 1. The molecule has 18 heavy (non-hydrogen) atoms. The van der Waals surface area contributed by atoms with Crippen LogP contribution in [0.25, 0.3) is 0 Å². The number of hydrogen-bond donors (Lipinski definition) is 2. The normalized spacial score (nSPS) is 12.5. The fraction of sp³-hybridized carbons (Fsp3) is 0.533. The quantitative estimate of drug-likeness (QED) is 0.812. The molecule has 0 heterocycles. The van der Waals surface area contributed by atoms with E-state index in [-0.39, 0.29) is 11.9 Å². The highest BCUT2D eigenvalue weighted by Gasteiger charge is 2.13. The van der Waals surface area contributed by atoms with E-state index in [1.807, 2.05) is 31.2 Å². The number of nitrogens with one attached hydrogen (secondary N) is 1. The highest BCUT2D eigenvalue weighted by Crippen LogP contribution is 2.11. The molecule has 1 atom stereocenters. The molecule has 1 aromatic carbocycles. The van der Waals surface area contributed by atoms with Gasteiger partial charge in [0.15, 0.2) is 0 Å². The summed E-state index contributed by atoms with van der Waals surface area (Å²) in [6.07, 6.45) is 1.73. The molecule has 0 aliphatic carbocycles. The van der Waals surface area contributed by atoms with E-state index in [9.17, 15) is 4.79 Å². The molecule has 1 aromatic rings. The zero-order chi connectivity index (χ0) is 13.5. The SMILES string of the molecule is CC(C)CC(C)NC(=O)c1ccccc1CCN. The van der Waals surface area contributed by atoms with Crippen LogP contribution in [0.5, 0.6) is 0 Å². The molecule has 3 N–H and O–H groups in total. The van der Waals surface area contributed by atoms with Crippen molar-refractivity contribution in [1.82, 2.24) is 5.32 Å². The number of rotatable bonds is 6. The van der Waals surface area contributed by atoms with Crippen LogP contribution in [0.4, 0.5) is 0 Å². The van der Waals surface area contributed by atoms with Gasteiger partial charge in [-0.1, -0.05) is 32.0 Å². The predicted octanol–water partition coefficient (Wildman–Crippen LogP) is 2.35. The molecule has 1 amide bonds. The van der Waals surface area contributed by atoms with E-state index in [0.717, 1.165) is 24.0 Å². The molecule has 0 saturated heterocycles. The Morgan fingerprint density at radius 2 is 1.94 bits per heavy atom. The van der Waals surface area contributed by atoms with E-state index >= 15 is 0 Å². The lowest BCUT2D eigenvalue weighted by Gasteiger charge is -2.17. The van der Waals surface area contributed by atoms with Gasteiger partial charge in [0.1, 0.15) is 0 Å². The van der Waals surface area contributed by atoms with Gasteiger partial charge in [0.2, 0.25) is 0 Å². The van der Waals surface area contributed by atoms with Crippen molar-refractivity contribution in [2.75, 3.05) is 6.54 Å². The molecular weight excluding hydrogens is 224 g/mol. The Bertz CT molecular complexity index is 388. The average molecular weight is 248 g/mol. The van der Waals surface area contributed by atoms with Gasteiger partial charge in [0.25, 0.3) is 5.91 Å². The lowest BCUT2D eigenvalue weighted by Crippen LogP contribution is -2.34. The third-order valence-corrected chi connectivity index (χ3v) is 2.88. The van der Waals surface area contributed by atoms with Gasteiger partial charge in [-0.15, -0.1) is 0 Å². The van der Waals surface area contributed by atoms with Crippen molar-refractivity contribution in [2.45, 2.75) is 39.7 Å². The second kappa shape index (κ2) is 7.17. The molecule has 0 radical (unpaired) electrons. The largest absolute Gasteiger partial charge is 0.350 e. The van der Waals surface area contributed by atoms with Gasteiger partial charge in [-0.2, -0.15) is 0 Å². The first-order valence-corrected chi connectivity index (χ1v) is 6.63. The Hall–Kier alpha value is -1.35. The van der Waals surface area contributed by atoms with Gasteiger partial charge >= 0.3 is 0 Å². The Labute approximate surface area is 110 Å². The van der Waals surface area contributed by atoms with Crippen LogP contribution >= 0.6 is 0 Å². The van der Waals surface area contributed by atoms with Crippen molar-refractivity contribution in [1.29, 1.82) is 0 Å². The summed E-state index contributed by atoms with van der Waals surface area (Å²) >= 11 is 0.